The van der Waals surface area contributed by atoms with E-state index in [9.17, 15) is 22.4 Å². The predicted octanol–water partition coefficient (Wildman–Crippen LogP) is 4.76. The van der Waals surface area contributed by atoms with Crippen LogP contribution in [-0.4, -0.2) is 58.5 Å². The van der Waals surface area contributed by atoms with Crippen molar-refractivity contribution >= 4 is 11.6 Å². The third-order valence-electron chi connectivity index (χ3n) is 8.26. The maximum absolute atomic E-state index is 15.8. The van der Waals surface area contributed by atoms with Crippen LogP contribution in [-0.2, 0) is 36.5 Å². The lowest BCUT2D eigenvalue weighted by molar-refractivity contribution is -0.138. The highest BCUT2D eigenvalue weighted by molar-refractivity contribution is 6.10. The van der Waals surface area contributed by atoms with Crippen LogP contribution in [0.2, 0.25) is 0 Å². The fourth-order valence-electron chi connectivity index (χ4n) is 6.04. The van der Waals surface area contributed by atoms with E-state index in [-0.39, 0.29) is 43.3 Å². The fraction of sp³-hybridized carbons (Fsp3) is 0.464. The van der Waals surface area contributed by atoms with Gasteiger partial charge in [0.1, 0.15) is 6.33 Å². The van der Waals surface area contributed by atoms with Gasteiger partial charge in [0.2, 0.25) is 0 Å². The van der Waals surface area contributed by atoms with Gasteiger partial charge in [0.15, 0.2) is 12.0 Å². The number of nitrogens with zero attached hydrogens (tertiary/aromatic N) is 5. The van der Waals surface area contributed by atoms with E-state index in [1.807, 2.05) is 4.90 Å². The molecule has 1 atom stereocenters. The summed E-state index contributed by atoms with van der Waals surface area (Å²) in [6, 6.07) is 9.25. The Morgan fingerprint density at radius 1 is 1.15 bits per heavy atom. The Kier molecular flexibility index (Phi) is 6.26. The topological polar surface area (TPSA) is 63.5 Å². The van der Waals surface area contributed by atoms with E-state index in [1.165, 1.54) is 21.9 Å². The van der Waals surface area contributed by atoms with Gasteiger partial charge in [-0.15, -0.1) is 10.2 Å². The second-order valence-electron chi connectivity index (χ2n) is 11.5. The number of carbonyl (C=O) groups excluding carboxylic acids is 1. The van der Waals surface area contributed by atoms with E-state index in [0.717, 1.165) is 6.07 Å². The first kappa shape index (κ1) is 26.8. The highest BCUT2D eigenvalue weighted by atomic mass is 19.4. The molecule has 2 aromatic carbocycles. The molecule has 3 aromatic rings. The number of hydrogen-bond acceptors (Lipinski definition) is 5. The number of likely N-dealkylation sites (tertiary alicyclic amines) is 1. The highest BCUT2D eigenvalue weighted by Crippen LogP contribution is 2.47. The number of benzene rings is 2. The molecule has 212 valence electrons. The average Bonchev–Trinajstić information content (AvgIpc) is 3.44. The molecule has 0 N–H and O–H groups in total. The lowest BCUT2D eigenvalue weighted by atomic mass is 9.74. The summed E-state index contributed by atoms with van der Waals surface area (Å²) in [7, 11) is 1.64. The molecule has 2 fully saturated rings. The Hall–Kier alpha value is -3.38. The van der Waals surface area contributed by atoms with Crippen LogP contribution in [0.4, 0.5) is 27.6 Å². The van der Waals surface area contributed by atoms with Crippen molar-refractivity contribution < 1.29 is 31.5 Å². The Morgan fingerprint density at radius 3 is 2.50 bits per heavy atom. The van der Waals surface area contributed by atoms with Crippen molar-refractivity contribution in [1.29, 1.82) is 0 Å². The summed E-state index contributed by atoms with van der Waals surface area (Å²) in [5.41, 5.74) is -1.23. The third kappa shape index (κ3) is 4.28. The number of aromatic nitrogens is 3. The van der Waals surface area contributed by atoms with E-state index in [2.05, 4.69) is 10.2 Å². The minimum atomic E-state index is -4.66. The molecule has 2 saturated heterocycles. The van der Waals surface area contributed by atoms with Gasteiger partial charge in [0, 0.05) is 43.3 Å². The minimum Gasteiger partial charge on any atom is -0.379 e. The molecule has 0 unspecified atom stereocenters. The lowest BCUT2D eigenvalue weighted by Gasteiger charge is -2.46. The second-order valence-corrected chi connectivity index (χ2v) is 11.5. The van der Waals surface area contributed by atoms with Crippen molar-refractivity contribution in [2.45, 2.75) is 37.8 Å². The van der Waals surface area contributed by atoms with Gasteiger partial charge in [-0.1, -0.05) is 19.1 Å². The molecule has 1 amide bonds. The number of carbonyl (C=O) groups is 1. The SMILES string of the molecule is Cn1cnnc1[C@H](F)C1(c2cccc(N3Cc4c(cc(CN5CC(C)(CF)C5)cc4C(F)(F)F)C3=O)c2)COC1. The van der Waals surface area contributed by atoms with E-state index < -0.39 is 41.3 Å². The summed E-state index contributed by atoms with van der Waals surface area (Å²) >= 11 is 0. The number of anilines is 1. The largest absolute Gasteiger partial charge is 0.416 e. The smallest absolute Gasteiger partial charge is 0.379 e. The molecule has 0 bridgehead atoms. The van der Waals surface area contributed by atoms with Crippen molar-refractivity contribution in [2.75, 3.05) is 37.9 Å². The lowest BCUT2D eigenvalue weighted by Crippen LogP contribution is -2.55. The van der Waals surface area contributed by atoms with Crippen molar-refractivity contribution in [3.05, 3.63) is 76.4 Å². The monoisotopic (exact) mass is 561 g/mol. The maximum Gasteiger partial charge on any atom is 0.416 e. The van der Waals surface area contributed by atoms with Gasteiger partial charge in [-0.3, -0.25) is 14.1 Å². The summed E-state index contributed by atoms with van der Waals surface area (Å²) in [4.78, 5) is 16.7. The van der Waals surface area contributed by atoms with E-state index >= 15 is 4.39 Å². The van der Waals surface area contributed by atoms with Crippen LogP contribution in [0.25, 0.3) is 0 Å². The van der Waals surface area contributed by atoms with Crippen LogP contribution in [0.5, 0.6) is 0 Å². The van der Waals surface area contributed by atoms with Crippen molar-refractivity contribution in [3.8, 4) is 0 Å². The predicted molar refractivity (Wildman–Crippen MR) is 135 cm³/mol. The molecule has 0 saturated carbocycles. The van der Waals surface area contributed by atoms with Gasteiger partial charge in [-0.2, -0.15) is 13.2 Å². The van der Waals surface area contributed by atoms with Crippen LogP contribution in [0.1, 0.15) is 51.5 Å². The fourth-order valence-corrected chi connectivity index (χ4v) is 6.04. The van der Waals surface area contributed by atoms with Gasteiger partial charge < -0.3 is 14.2 Å². The number of amides is 1. The summed E-state index contributed by atoms with van der Waals surface area (Å²) < 4.78 is 78.4. The quantitative estimate of drug-likeness (QED) is 0.389. The molecule has 0 radical (unpaired) electrons. The van der Waals surface area contributed by atoms with E-state index in [1.54, 1.807) is 38.2 Å². The first-order valence-corrected chi connectivity index (χ1v) is 12.9. The number of fused-ring (bicyclic) bond motifs is 1. The molecule has 4 heterocycles. The van der Waals surface area contributed by atoms with Crippen molar-refractivity contribution in [3.63, 3.8) is 0 Å². The van der Waals surface area contributed by atoms with Crippen LogP contribution in [0.15, 0.2) is 42.7 Å². The zero-order valence-corrected chi connectivity index (χ0v) is 22.0. The van der Waals surface area contributed by atoms with Crippen molar-refractivity contribution in [2.24, 2.45) is 12.5 Å². The highest BCUT2D eigenvalue weighted by Gasteiger charge is 2.51. The average molecular weight is 562 g/mol. The van der Waals surface area contributed by atoms with Gasteiger partial charge in [-0.25, -0.2) is 4.39 Å². The number of rotatable bonds is 7. The Morgan fingerprint density at radius 2 is 1.90 bits per heavy atom. The number of alkyl halides is 5. The van der Waals surface area contributed by atoms with Crippen LogP contribution >= 0.6 is 0 Å². The maximum atomic E-state index is 15.8. The summed E-state index contributed by atoms with van der Waals surface area (Å²) in [6.45, 7) is 2.26. The first-order chi connectivity index (χ1) is 18.9. The number of hydrogen-bond donors (Lipinski definition) is 0. The van der Waals surface area contributed by atoms with Gasteiger partial charge >= 0.3 is 6.18 Å². The second kappa shape index (κ2) is 9.34. The molecule has 0 spiro atoms. The molecule has 12 heteroatoms. The Balaban J connectivity index is 1.31. The van der Waals surface area contributed by atoms with Crippen molar-refractivity contribution in [1.82, 2.24) is 19.7 Å². The number of aryl methyl sites for hydroxylation is 1. The Bertz CT molecular complexity index is 1460. The van der Waals surface area contributed by atoms with Gasteiger partial charge in [0.05, 0.1) is 37.4 Å². The third-order valence-corrected chi connectivity index (χ3v) is 8.26. The molecule has 7 nitrogen and oxygen atoms in total. The zero-order valence-electron chi connectivity index (χ0n) is 22.0. The van der Waals surface area contributed by atoms with E-state index in [0.29, 0.717) is 29.9 Å². The molecule has 1 aromatic heterocycles. The molecule has 6 rings (SSSR count). The van der Waals surface area contributed by atoms with E-state index in [4.69, 9.17) is 4.74 Å². The summed E-state index contributed by atoms with van der Waals surface area (Å²) in [6.07, 6.45) is -4.80. The number of halogens is 5. The molecule has 3 aliphatic heterocycles. The summed E-state index contributed by atoms with van der Waals surface area (Å²) in [5, 5.41) is 7.66. The minimum absolute atomic E-state index is 0.00634. The van der Waals surface area contributed by atoms with Crippen LogP contribution in [0.3, 0.4) is 0 Å². The number of ether oxygens (including phenoxy) is 1. The molecule has 40 heavy (non-hydrogen) atoms. The van der Waals surface area contributed by atoms with Crippen LogP contribution in [0, 0.1) is 5.41 Å². The zero-order chi connectivity index (χ0) is 28.4. The van der Waals surface area contributed by atoms with Crippen LogP contribution < -0.4 is 4.90 Å². The van der Waals surface area contributed by atoms with Gasteiger partial charge in [0.25, 0.3) is 5.91 Å². The molecule has 0 aliphatic carbocycles. The first-order valence-electron chi connectivity index (χ1n) is 12.9. The molecular formula is C28H28F5N5O2. The normalized spacial score (nSPS) is 20.7. The molecule has 3 aliphatic rings. The standard InChI is InChI=1S/C28H28F5N5O2/c1-26(11-29)12-37(13-26)9-17-6-20-21(22(7-17)28(31,32)33)10-38(25(20)39)19-5-3-4-18(8-19)27(14-40-15-27)23(30)24-35-34-16-36(24)2/h3-8,16,23H,9-15H2,1-2H3/t23-/m0/s1. The molecular weight excluding hydrogens is 533 g/mol. The summed E-state index contributed by atoms with van der Waals surface area (Å²) in [5.74, 6) is -0.421. The Labute approximate surface area is 227 Å². The van der Waals surface area contributed by atoms with Gasteiger partial charge in [-0.05, 0) is 41.0 Å².